The molecule has 0 saturated carbocycles. The first kappa shape index (κ1) is 77.2. The van der Waals surface area contributed by atoms with Gasteiger partial charge in [0, 0.05) is 38.7 Å². The van der Waals surface area contributed by atoms with Crippen molar-refractivity contribution in [3.63, 3.8) is 0 Å². The molecular weight excluding hydrogens is 1310 g/mol. The zero-order valence-electron chi connectivity index (χ0n) is 61.2. The second-order valence-electron chi connectivity index (χ2n) is 30.4. The Morgan fingerprint density at radius 1 is 0.450 bits per heavy atom. The van der Waals surface area contributed by atoms with Crippen LogP contribution in [0.5, 0.6) is 0 Å². The zero-order valence-corrected chi connectivity index (χ0v) is 63.7. The largest absolute Gasteiger partial charge is 0.463 e. The molecule has 0 aliphatic carbocycles. The van der Waals surface area contributed by atoms with Crippen LogP contribution in [0.15, 0.2) is 191 Å². The molecule has 2 N–H and O–H groups in total. The van der Waals surface area contributed by atoms with Crippen LogP contribution < -0.4 is 0 Å². The Morgan fingerprint density at radius 3 is 1.24 bits per heavy atom. The molecule has 538 valence electrons. The number of fused-ring (bicyclic) bond motifs is 2. The van der Waals surface area contributed by atoms with Crippen LogP contribution in [-0.2, 0) is 81.6 Å². The van der Waals surface area contributed by atoms with Crippen LogP contribution >= 0.6 is 35.3 Å². The number of aliphatic hydroxyl groups excluding tert-OH is 2. The molecule has 7 aromatic carbocycles. The van der Waals surface area contributed by atoms with Crippen molar-refractivity contribution in [3.8, 4) is 0 Å². The first-order chi connectivity index (χ1) is 47.6. The van der Waals surface area contributed by atoms with E-state index in [2.05, 4.69) is 188 Å². The van der Waals surface area contributed by atoms with Crippen LogP contribution in [0.25, 0.3) is 0 Å². The van der Waals surface area contributed by atoms with Crippen molar-refractivity contribution in [2.45, 2.75) is 239 Å². The predicted octanol–water partition coefficient (Wildman–Crippen LogP) is 17.9. The molecule has 0 bridgehead atoms. The van der Waals surface area contributed by atoms with E-state index in [-0.39, 0.29) is 88.0 Å². The van der Waals surface area contributed by atoms with E-state index in [4.69, 9.17) is 47.4 Å². The molecular formula is C84H106O13S3. The molecule has 0 radical (unpaired) electrons. The van der Waals surface area contributed by atoms with Crippen LogP contribution in [-0.4, -0.2) is 107 Å². The van der Waals surface area contributed by atoms with E-state index >= 15 is 0 Å². The second kappa shape index (κ2) is 34.5. The minimum atomic E-state index is -1.07. The third-order valence-electron chi connectivity index (χ3n) is 19.6. The number of benzene rings is 7. The molecule has 8 unspecified atom stereocenters. The quantitative estimate of drug-likeness (QED) is 0.0883. The molecule has 16 heteroatoms. The maximum atomic E-state index is 11.4. The minimum absolute atomic E-state index is 0.0250. The summed E-state index contributed by atoms with van der Waals surface area (Å²) in [5, 5.41) is 21.6. The summed E-state index contributed by atoms with van der Waals surface area (Å²) in [4.78, 5) is 14.9. The summed E-state index contributed by atoms with van der Waals surface area (Å²) in [7, 11) is 0. The fraction of sp³-hybridized carbons (Fsp3) is 0.488. The summed E-state index contributed by atoms with van der Waals surface area (Å²) >= 11 is 4.93. The lowest BCUT2D eigenvalue weighted by atomic mass is 9.84. The highest BCUT2D eigenvalue weighted by Crippen LogP contribution is 2.47. The summed E-state index contributed by atoms with van der Waals surface area (Å²) in [5.74, 6) is 0.288. The van der Waals surface area contributed by atoms with Crippen molar-refractivity contribution in [2.24, 2.45) is 17.8 Å². The first-order valence-corrected chi connectivity index (χ1v) is 38.0. The molecule has 12 rings (SSSR count). The molecule has 5 heterocycles. The van der Waals surface area contributed by atoms with Gasteiger partial charge in [-0.15, -0.1) is 0 Å². The molecule has 13 nitrogen and oxygen atoms in total. The third-order valence-corrected chi connectivity index (χ3v) is 23.5. The van der Waals surface area contributed by atoms with Crippen molar-refractivity contribution in [3.05, 3.63) is 232 Å². The van der Waals surface area contributed by atoms with E-state index in [1.807, 2.05) is 91.9 Å². The van der Waals surface area contributed by atoms with Gasteiger partial charge in [-0.3, -0.25) is 4.79 Å². The lowest BCUT2D eigenvalue weighted by Gasteiger charge is -2.48. The number of hydrogen-bond donors (Lipinski definition) is 2. The smallest absolute Gasteiger partial charge is 0.302 e. The van der Waals surface area contributed by atoms with Crippen LogP contribution in [0.1, 0.15) is 158 Å². The summed E-state index contributed by atoms with van der Waals surface area (Å²) in [6.45, 7) is 36.5. The number of carbonyl (C=O) groups excluding carboxylic acids is 1. The Kier molecular flexibility index (Phi) is 26.6. The third kappa shape index (κ3) is 20.1. The maximum Gasteiger partial charge on any atom is 0.302 e. The van der Waals surface area contributed by atoms with Crippen molar-refractivity contribution in [1.82, 2.24) is 0 Å². The van der Waals surface area contributed by atoms with Gasteiger partial charge in [0.1, 0.15) is 53.4 Å². The highest BCUT2D eigenvalue weighted by atomic mass is 32.2. The van der Waals surface area contributed by atoms with E-state index < -0.39 is 42.4 Å². The first-order valence-electron chi connectivity index (χ1n) is 35.3. The minimum Gasteiger partial charge on any atom is -0.463 e. The molecule has 5 aliphatic rings. The Hall–Kier alpha value is -5.38. The molecule has 5 aliphatic heterocycles. The van der Waals surface area contributed by atoms with Gasteiger partial charge < -0.3 is 57.6 Å². The standard InChI is InChI=1S/C32H38O4S.C28H38O4S.C24H30O5S/c1-21-16-17-25(32(3,4)5)18-27(21)37-31-29(33-19-23-12-8-6-9-13-23)22(2)28-26(35-31)20-34-30(36-28)24-14-10-7-11-15-24;1-18-13-14-23(28(5,6)7)15-25(18)33-27-26(31-16-22-11-9-8-10-12-22)20(3)19(2)24(32-27)17-30-21(4)29;1-14-10-11-16(24(2,3)4)12-18(14)30-23-20(26)19(25)21-17(28-23)13-27-22(29-21)15-8-6-5-7-9-15/h6-18,22,26,28-31H,19-20H2,1-5H3;8-15,19-20,24,26-27H,16-17H2,1-7H3;5-12,17,19-23,25-26H,13H2,1-4H3/t22-,26?,28-,29?,30?,31-;19-,20-,24?,26?,27-;17?,19-,20?,21-,22?,23+/m001/s1. The summed E-state index contributed by atoms with van der Waals surface area (Å²) in [5.41, 5.74) is 10.8. The number of ether oxygens (including phenoxy) is 10. The average molecular weight is 1420 g/mol. The second-order valence-corrected chi connectivity index (χ2v) is 33.8. The molecule has 0 aromatic heterocycles. The maximum absolute atomic E-state index is 11.4. The average Bonchev–Trinajstić information content (AvgIpc) is 0.784. The summed E-state index contributed by atoms with van der Waals surface area (Å²) < 4.78 is 62.4. The van der Waals surface area contributed by atoms with E-state index in [0.29, 0.717) is 26.4 Å². The van der Waals surface area contributed by atoms with Crippen LogP contribution in [0, 0.1) is 38.5 Å². The fourth-order valence-electron chi connectivity index (χ4n) is 12.8. The van der Waals surface area contributed by atoms with E-state index in [1.165, 1.54) is 56.3 Å². The molecule has 0 amide bonds. The number of esters is 1. The van der Waals surface area contributed by atoms with Gasteiger partial charge in [-0.25, -0.2) is 0 Å². The van der Waals surface area contributed by atoms with Crippen LogP contribution in [0.3, 0.4) is 0 Å². The van der Waals surface area contributed by atoms with Gasteiger partial charge in [-0.05, 0) is 112 Å². The number of thioether (sulfide) groups is 3. The Balaban J connectivity index is 0.000000163. The molecule has 0 spiro atoms. The number of aryl methyl sites for hydroxylation is 3. The highest BCUT2D eigenvalue weighted by Gasteiger charge is 2.51. The molecule has 5 fully saturated rings. The lowest BCUT2D eigenvalue weighted by Crippen LogP contribution is -2.60. The number of aliphatic hydroxyl groups is 2. The van der Waals surface area contributed by atoms with Crippen molar-refractivity contribution in [1.29, 1.82) is 0 Å². The van der Waals surface area contributed by atoms with Crippen molar-refractivity contribution in [2.75, 3.05) is 19.8 Å². The number of carbonyl (C=O) groups is 1. The normalized spacial score (nSPS) is 28.4. The van der Waals surface area contributed by atoms with Crippen LogP contribution in [0.2, 0.25) is 0 Å². The molecule has 100 heavy (non-hydrogen) atoms. The van der Waals surface area contributed by atoms with Gasteiger partial charge in [0.2, 0.25) is 0 Å². The number of rotatable bonds is 16. The predicted molar refractivity (Wildman–Crippen MR) is 399 cm³/mol. The Labute approximate surface area is 607 Å². The Bertz CT molecular complexity index is 3710. The number of hydrogen-bond acceptors (Lipinski definition) is 16. The highest BCUT2D eigenvalue weighted by molar-refractivity contribution is 8.00. The van der Waals surface area contributed by atoms with Gasteiger partial charge in [-0.2, -0.15) is 0 Å². The summed E-state index contributed by atoms with van der Waals surface area (Å²) in [6.07, 6.45) is -4.81. The Morgan fingerprint density at radius 2 is 0.820 bits per heavy atom. The zero-order chi connectivity index (χ0) is 71.6. The molecule has 7 aromatic rings. The van der Waals surface area contributed by atoms with Gasteiger partial charge in [0.05, 0.1) is 50.8 Å². The van der Waals surface area contributed by atoms with E-state index in [1.54, 1.807) is 23.5 Å². The monoisotopic (exact) mass is 1420 g/mol. The summed E-state index contributed by atoms with van der Waals surface area (Å²) in [6, 6.07) is 60.1. The van der Waals surface area contributed by atoms with Gasteiger partial charge in [0.15, 0.2) is 12.6 Å². The van der Waals surface area contributed by atoms with Gasteiger partial charge in [0.25, 0.3) is 0 Å². The van der Waals surface area contributed by atoms with E-state index in [0.717, 1.165) is 32.7 Å². The van der Waals surface area contributed by atoms with Crippen LogP contribution in [0.4, 0.5) is 0 Å². The van der Waals surface area contributed by atoms with Gasteiger partial charge in [-0.1, -0.05) is 276 Å². The lowest BCUT2D eigenvalue weighted by molar-refractivity contribution is -0.318. The van der Waals surface area contributed by atoms with Gasteiger partial charge >= 0.3 is 5.97 Å². The topological polar surface area (TPSA) is 150 Å². The fourth-order valence-corrected chi connectivity index (χ4v) is 16.8. The van der Waals surface area contributed by atoms with E-state index in [9.17, 15) is 15.0 Å². The van der Waals surface area contributed by atoms with Crippen molar-refractivity contribution < 1.29 is 62.4 Å². The molecule has 5 saturated heterocycles. The van der Waals surface area contributed by atoms with Crippen molar-refractivity contribution >= 4 is 41.3 Å². The SMILES string of the molecule is CC(=O)OCC1O[C@@H](Sc2cc(C(C)(C)C)ccc2C)C(OCc2ccccc2)[C@@H](C)[C@@H]1C.Cc1ccc(C(C)(C)C)cc1S[C@@H]1OC2COC(c3ccccc3)O[C@H]2[C@H](C)C1OCc1ccccc1.Cc1ccc(C(C)(C)C)cc1S[C@@H]1OC2COC(c3ccccc3)O[C@H]2[C@H](O)C1O. The molecule has 17 atom stereocenters.